The average molecular weight is 194 g/mol. The molecule has 1 heterocycles. The minimum Gasteiger partial charge on any atom is -0.346 e. The van der Waals surface area contributed by atoms with Crippen molar-refractivity contribution >= 4 is 5.91 Å². The van der Waals surface area contributed by atoms with Crippen LogP contribution in [0.1, 0.15) is 13.3 Å². The zero-order valence-corrected chi connectivity index (χ0v) is 8.92. The Hall–Kier alpha value is -1.09. The maximum Gasteiger partial charge on any atom is 0.243 e. The van der Waals surface area contributed by atoms with Crippen LogP contribution in [0.15, 0.2) is 24.3 Å². The Morgan fingerprint density at radius 1 is 1.79 bits per heavy atom. The van der Waals surface area contributed by atoms with E-state index in [0.29, 0.717) is 0 Å². The lowest BCUT2D eigenvalue weighted by Crippen LogP contribution is -2.36. The molecule has 1 N–H and O–H groups in total. The van der Waals surface area contributed by atoms with Crippen molar-refractivity contribution in [1.82, 2.24) is 10.2 Å². The molecule has 1 aliphatic rings. The van der Waals surface area contributed by atoms with Gasteiger partial charge < -0.3 is 10.2 Å². The van der Waals surface area contributed by atoms with E-state index in [0.717, 1.165) is 19.5 Å². The standard InChI is InChI=1S/C11H18N2O/c1-4-11(14)12-9(2)10-5-7-13(3)8-6-10/h4-5,9H,1,6-8H2,2-3H3,(H,12,14). The summed E-state index contributed by atoms with van der Waals surface area (Å²) in [4.78, 5) is 13.3. The van der Waals surface area contributed by atoms with Crippen LogP contribution >= 0.6 is 0 Å². The minimum absolute atomic E-state index is 0.0997. The summed E-state index contributed by atoms with van der Waals surface area (Å²) in [6.07, 6.45) is 4.54. The van der Waals surface area contributed by atoms with Crippen molar-refractivity contribution in [1.29, 1.82) is 0 Å². The third kappa shape index (κ3) is 3.00. The smallest absolute Gasteiger partial charge is 0.243 e. The Balaban J connectivity index is 2.48. The van der Waals surface area contributed by atoms with Crippen LogP contribution in [0, 0.1) is 0 Å². The van der Waals surface area contributed by atoms with E-state index in [1.54, 1.807) is 0 Å². The van der Waals surface area contributed by atoms with Crippen molar-refractivity contribution in [2.45, 2.75) is 19.4 Å². The first kappa shape index (κ1) is 11.0. The van der Waals surface area contributed by atoms with Gasteiger partial charge in [-0.25, -0.2) is 0 Å². The summed E-state index contributed by atoms with van der Waals surface area (Å²) in [5.41, 5.74) is 1.32. The van der Waals surface area contributed by atoms with Crippen LogP contribution in [0.25, 0.3) is 0 Å². The van der Waals surface area contributed by atoms with Gasteiger partial charge in [-0.3, -0.25) is 4.79 Å². The molecule has 0 aromatic rings. The molecule has 0 aliphatic carbocycles. The highest BCUT2D eigenvalue weighted by Gasteiger charge is 2.14. The van der Waals surface area contributed by atoms with Crippen LogP contribution in [0.5, 0.6) is 0 Å². The van der Waals surface area contributed by atoms with Gasteiger partial charge in [-0.05, 0) is 32.0 Å². The van der Waals surface area contributed by atoms with E-state index >= 15 is 0 Å². The lowest BCUT2D eigenvalue weighted by atomic mass is 10.0. The van der Waals surface area contributed by atoms with Gasteiger partial charge in [-0.2, -0.15) is 0 Å². The van der Waals surface area contributed by atoms with Crippen molar-refractivity contribution in [2.24, 2.45) is 0 Å². The molecule has 0 aromatic heterocycles. The number of nitrogens with one attached hydrogen (secondary N) is 1. The lowest BCUT2D eigenvalue weighted by molar-refractivity contribution is -0.116. The third-order valence-electron chi connectivity index (χ3n) is 2.55. The molecule has 0 saturated carbocycles. The van der Waals surface area contributed by atoms with Gasteiger partial charge in [0.25, 0.3) is 0 Å². The predicted molar refractivity (Wildman–Crippen MR) is 58.0 cm³/mol. The molecule has 1 rings (SSSR count). The Bertz CT molecular complexity index is 258. The number of likely N-dealkylation sites (N-methyl/N-ethyl adjacent to an activating group) is 1. The fourth-order valence-electron chi connectivity index (χ4n) is 1.54. The number of hydrogen-bond donors (Lipinski definition) is 1. The fourth-order valence-corrected chi connectivity index (χ4v) is 1.54. The quantitative estimate of drug-likeness (QED) is 0.535. The van der Waals surface area contributed by atoms with Crippen molar-refractivity contribution in [3.05, 3.63) is 24.3 Å². The molecule has 0 spiro atoms. The molecular formula is C11H18N2O. The van der Waals surface area contributed by atoms with E-state index in [1.807, 2.05) is 6.92 Å². The zero-order chi connectivity index (χ0) is 10.6. The summed E-state index contributed by atoms with van der Waals surface area (Å²) in [5, 5.41) is 2.87. The van der Waals surface area contributed by atoms with E-state index in [2.05, 4.69) is 29.9 Å². The Kier molecular flexibility index (Phi) is 3.89. The number of carbonyl (C=O) groups is 1. The normalized spacial score (nSPS) is 19.7. The second-order valence-electron chi connectivity index (χ2n) is 3.73. The van der Waals surface area contributed by atoms with Crippen molar-refractivity contribution in [2.75, 3.05) is 20.1 Å². The number of rotatable bonds is 3. The van der Waals surface area contributed by atoms with Crippen molar-refractivity contribution in [3.63, 3.8) is 0 Å². The fraction of sp³-hybridized carbons (Fsp3) is 0.545. The molecule has 0 radical (unpaired) electrons. The lowest BCUT2D eigenvalue weighted by Gasteiger charge is -2.25. The number of hydrogen-bond acceptors (Lipinski definition) is 2. The average Bonchev–Trinajstić information content (AvgIpc) is 2.18. The first-order valence-corrected chi connectivity index (χ1v) is 4.94. The summed E-state index contributed by atoms with van der Waals surface area (Å²) in [6, 6.07) is 0.134. The molecule has 3 nitrogen and oxygen atoms in total. The minimum atomic E-state index is -0.0997. The molecule has 0 aromatic carbocycles. The molecule has 1 aliphatic heterocycles. The van der Waals surface area contributed by atoms with Gasteiger partial charge in [-0.1, -0.05) is 12.7 Å². The van der Waals surface area contributed by atoms with Gasteiger partial charge in [0.2, 0.25) is 5.91 Å². The van der Waals surface area contributed by atoms with Crippen LogP contribution in [-0.2, 0) is 4.79 Å². The highest BCUT2D eigenvalue weighted by atomic mass is 16.1. The zero-order valence-electron chi connectivity index (χ0n) is 8.92. The first-order valence-electron chi connectivity index (χ1n) is 4.94. The maximum atomic E-state index is 11.1. The molecule has 1 atom stereocenters. The summed E-state index contributed by atoms with van der Waals surface area (Å²) < 4.78 is 0. The van der Waals surface area contributed by atoms with Crippen LogP contribution in [0.2, 0.25) is 0 Å². The van der Waals surface area contributed by atoms with Crippen LogP contribution in [0.4, 0.5) is 0 Å². The molecule has 3 heteroatoms. The van der Waals surface area contributed by atoms with Crippen LogP contribution in [0.3, 0.4) is 0 Å². The summed E-state index contributed by atoms with van der Waals surface area (Å²) in [7, 11) is 2.10. The van der Waals surface area contributed by atoms with E-state index in [9.17, 15) is 4.79 Å². The molecule has 0 fully saturated rings. The van der Waals surface area contributed by atoms with Crippen LogP contribution in [-0.4, -0.2) is 37.0 Å². The van der Waals surface area contributed by atoms with E-state index in [-0.39, 0.29) is 11.9 Å². The van der Waals surface area contributed by atoms with Gasteiger partial charge in [0, 0.05) is 19.1 Å². The van der Waals surface area contributed by atoms with Gasteiger partial charge in [0.1, 0.15) is 0 Å². The summed E-state index contributed by atoms with van der Waals surface area (Å²) in [6.45, 7) is 7.49. The number of nitrogens with zero attached hydrogens (tertiary/aromatic N) is 1. The Morgan fingerprint density at radius 2 is 2.50 bits per heavy atom. The van der Waals surface area contributed by atoms with E-state index in [1.165, 1.54) is 11.6 Å². The predicted octanol–water partition coefficient (Wildman–Crippen LogP) is 0.939. The first-order chi connectivity index (χ1) is 6.63. The highest BCUT2D eigenvalue weighted by molar-refractivity contribution is 5.87. The Labute approximate surface area is 85.5 Å². The van der Waals surface area contributed by atoms with Gasteiger partial charge in [0.05, 0.1) is 0 Å². The second kappa shape index (κ2) is 4.96. The monoisotopic (exact) mass is 194 g/mol. The van der Waals surface area contributed by atoms with Crippen molar-refractivity contribution < 1.29 is 4.79 Å². The van der Waals surface area contributed by atoms with Gasteiger partial charge in [-0.15, -0.1) is 0 Å². The second-order valence-corrected chi connectivity index (χ2v) is 3.73. The summed E-state index contributed by atoms with van der Waals surface area (Å²) >= 11 is 0. The summed E-state index contributed by atoms with van der Waals surface area (Å²) in [5.74, 6) is -0.0997. The van der Waals surface area contributed by atoms with Crippen LogP contribution < -0.4 is 5.32 Å². The van der Waals surface area contributed by atoms with E-state index in [4.69, 9.17) is 0 Å². The van der Waals surface area contributed by atoms with Gasteiger partial charge >= 0.3 is 0 Å². The van der Waals surface area contributed by atoms with E-state index < -0.39 is 0 Å². The molecule has 14 heavy (non-hydrogen) atoms. The van der Waals surface area contributed by atoms with Gasteiger partial charge in [0.15, 0.2) is 0 Å². The molecule has 0 saturated heterocycles. The molecule has 0 bridgehead atoms. The molecule has 78 valence electrons. The molecule has 1 amide bonds. The SMILES string of the molecule is C=CC(=O)NC(C)C1=CCN(C)CC1. The molecular weight excluding hydrogens is 176 g/mol. The molecule has 1 unspecified atom stereocenters. The maximum absolute atomic E-state index is 11.1. The van der Waals surface area contributed by atoms with Crippen molar-refractivity contribution in [3.8, 4) is 0 Å². The largest absolute Gasteiger partial charge is 0.346 e. The highest BCUT2D eigenvalue weighted by Crippen LogP contribution is 2.12. The topological polar surface area (TPSA) is 32.3 Å². The Morgan fingerprint density at radius 3 is 3.00 bits per heavy atom. The third-order valence-corrected chi connectivity index (χ3v) is 2.55. The number of amides is 1. The number of carbonyl (C=O) groups excluding carboxylic acids is 1.